The molecule has 1 saturated heterocycles. The molecule has 0 saturated carbocycles. The molecule has 1 amide bonds. The number of amides is 1. The molecule has 1 aliphatic rings. The normalized spacial score (nSPS) is 17.7. The van der Waals surface area contributed by atoms with E-state index < -0.39 is 17.7 Å². The molecule has 4 rings (SSSR count). The number of furan rings is 1. The molecule has 1 aliphatic heterocycles. The maximum absolute atomic E-state index is 13.2. The zero-order valence-corrected chi connectivity index (χ0v) is 17.5. The molecule has 0 spiro atoms. The van der Waals surface area contributed by atoms with Crippen LogP contribution in [0.3, 0.4) is 0 Å². The predicted octanol–water partition coefficient (Wildman–Crippen LogP) is 4.48. The zero-order valence-electron chi connectivity index (χ0n) is 17.5. The van der Waals surface area contributed by atoms with Crippen molar-refractivity contribution in [2.45, 2.75) is 19.4 Å². The molecule has 1 N–H and O–H groups in total. The molecule has 1 aromatic heterocycles. The standard InChI is InChI=1S/C25H22FNO5/c1-2-31-19-6-3-5-17(15-19)23(28)21-22(20-7-4-14-32-20)27(25(30)24(21)29)13-12-16-8-10-18(26)11-9-16/h3-11,14-15,22,28H,2,12-13H2,1H3/b23-21-. The summed E-state index contributed by atoms with van der Waals surface area (Å²) in [7, 11) is 0. The number of likely N-dealkylation sites (tertiary alicyclic amines) is 1. The maximum Gasteiger partial charge on any atom is 0.295 e. The lowest BCUT2D eigenvalue weighted by Crippen LogP contribution is -2.31. The van der Waals surface area contributed by atoms with E-state index >= 15 is 0 Å². The van der Waals surface area contributed by atoms with Crippen LogP contribution in [-0.2, 0) is 16.0 Å². The molecule has 2 aromatic carbocycles. The summed E-state index contributed by atoms with van der Waals surface area (Å²) in [5.74, 6) is -1.25. The average Bonchev–Trinajstić information content (AvgIpc) is 3.41. The van der Waals surface area contributed by atoms with E-state index in [-0.39, 0.29) is 23.7 Å². The third kappa shape index (κ3) is 4.14. The summed E-state index contributed by atoms with van der Waals surface area (Å²) in [6.45, 7) is 2.48. The highest BCUT2D eigenvalue weighted by atomic mass is 19.1. The van der Waals surface area contributed by atoms with E-state index in [0.717, 1.165) is 5.56 Å². The SMILES string of the molecule is CCOc1cccc(/C(O)=C2/C(=O)C(=O)N(CCc3ccc(F)cc3)C2c2ccco2)c1. The second-order valence-electron chi connectivity index (χ2n) is 7.35. The highest BCUT2D eigenvalue weighted by Gasteiger charge is 2.47. The third-order valence-corrected chi connectivity index (χ3v) is 5.33. The first-order valence-electron chi connectivity index (χ1n) is 10.3. The second kappa shape index (κ2) is 9.09. The molecular formula is C25H22FNO5. The van der Waals surface area contributed by atoms with Crippen molar-refractivity contribution in [2.75, 3.05) is 13.2 Å². The zero-order chi connectivity index (χ0) is 22.7. The Bertz CT molecular complexity index is 1150. The smallest absolute Gasteiger partial charge is 0.295 e. The number of hydrogen-bond acceptors (Lipinski definition) is 5. The lowest BCUT2D eigenvalue weighted by molar-refractivity contribution is -0.140. The Morgan fingerprint density at radius 3 is 2.59 bits per heavy atom. The number of carbonyl (C=O) groups is 2. The van der Waals surface area contributed by atoms with E-state index in [0.29, 0.717) is 30.1 Å². The minimum atomic E-state index is -0.874. The van der Waals surface area contributed by atoms with Crippen molar-refractivity contribution in [3.8, 4) is 5.75 Å². The van der Waals surface area contributed by atoms with Gasteiger partial charge in [0.2, 0.25) is 0 Å². The molecule has 3 aromatic rings. The van der Waals surface area contributed by atoms with Crippen LogP contribution in [0.4, 0.5) is 4.39 Å². The first-order valence-corrected chi connectivity index (χ1v) is 10.3. The predicted molar refractivity (Wildman–Crippen MR) is 115 cm³/mol. The van der Waals surface area contributed by atoms with E-state index in [1.807, 2.05) is 6.92 Å². The van der Waals surface area contributed by atoms with Crippen molar-refractivity contribution < 1.29 is 28.2 Å². The highest BCUT2D eigenvalue weighted by Crippen LogP contribution is 2.40. The molecule has 0 aliphatic carbocycles. The number of benzene rings is 2. The van der Waals surface area contributed by atoms with Gasteiger partial charge in [0.25, 0.3) is 11.7 Å². The summed E-state index contributed by atoms with van der Waals surface area (Å²) in [6.07, 6.45) is 1.86. The molecule has 1 unspecified atom stereocenters. The van der Waals surface area contributed by atoms with Gasteiger partial charge in [-0.25, -0.2) is 4.39 Å². The Morgan fingerprint density at radius 2 is 1.91 bits per heavy atom. The van der Waals surface area contributed by atoms with Crippen LogP contribution in [0.1, 0.15) is 29.9 Å². The van der Waals surface area contributed by atoms with Gasteiger partial charge in [0.05, 0.1) is 18.4 Å². The highest BCUT2D eigenvalue weighted by molar-refractivity contribution is 6.46. The summed E-state index contributed by atoms with van der Waals surface area (Å²) in [6, 6.07) is 15.1. The lowest BCUT2D eigenvalue weighted by Gasteiger charge is -2.23. The molecule has 6 nitrogen and oxygen atoms in total. The number of Topliss-reactive ketones (excluding diaryl/α,β-unsaturated/α-hetero) is 1. The van der Waals surface area contributed by atoms with Crippen molar-refractivity contribution in [1.82, 2.24) is 4.90 Å². The minimum Gasteiger partial charge on any atom is -0.507 e. The van der Waals surface area contributed by atoms with Crippen LogP contribution in [0.2, 0.25) is 0 Å². The molecule has 164 valence electrons. The van der Waals surface area contributed by atoms with Gasteiger partial charge in [-0.2, -0.15) is 0 Å². The van der Waals surface area contributed by atoms with Crippen LogP contribution in [0, 0.1) is 5.82 Å². The van der Waals surface area contributed by atoms with Crippen LogP contribution in [0.5, 0.6) is 5.75 Å². The summed E-state index contributed by atoms with van der Waals surface area (Å²) >= 11 is 0. The van der Waals surface area contributed by atoms with Crippen molar-refractivity contribution in [3.63, 3.8) is 0 Å². The largest absolute Gasteiger partial charge is 0.507 e. The first-order chi connectivity index (χ1) is 15.5. The van der Waals surface area contributed by atoms with Gasteiger partial charge < -0.3 is 19.2 Å². The number of hydrogen-bond donors (Lipinski definition) is 1. The average molecular weight is 435 g/mol. The molecule has 1 atom stereocenters. The summed E-state index contributed by atoms with van der Waals surface area (Å²) < 4.78 is 24.2. The molecule has 2 heterocycles. The molecule has 7 heteroatoms. The lowest BCUT2D eigenvalue weighted by atomic mass is 9.99. The summed E-state index contributed by atoms with van der Waals surface area (Å²) in [5, 5.41) is 11.0. The summed E-state index contributed by atoms with van der Waals surface area (Å²) in [5.41, 5.74) is 1.14. The fourth-order valence-corrected chi connectivity index (χ4v) is 3.81. The number of carbonyl (C=O) groups excluding carboxylic acids is 2. The van der Waals surface area contributed by atoms with Gasteiger partial charge in [-0.05, 0) is 55.3 Å². The Labute approximate surface area is 184 Å². The van der Waals surface area contributed by atoms with E-state index in [4.69, 9.17) is 9.15 Å². The van der Waals surface area contributed by atoms with Gasteiger partial charge in [0.15, 0.2) is 0 Å². The Morgan fingerprint density at radius 1 is 1.12 bits per heavy atom. The van der Waals surface area contributed by atoms with E-state index in [9.17, 15) is 19.1 Å². The molecule has 1 fully saturated rings. The molecule has 32 heavy (non-hydrogen) atoms. The number of rotatable bonds is 7. The van der Waals surface area contributed by atoms with Crippen LogP contribution >= 0.6 is 0 Å². The topological polar surface area (TPSA) is 80.0 Å². The fraction of sp³-hybridized carbons (Fsp3) is 0.200. The number of ketones is 1. The van der Waals surface area contributed by atoms with Crippen LogP contribution in [0.15, 0.2) is 76.9 Å². The quantitative estimate of drug-likeness (QED) is 0.336. The van der Waals surface area contributed by atoms with Gasteiger partial charge in [-0.3, -0.25) is 9.59 Å². The van der Waals surface area contributed by atoms with Gasteiger partial charge in [0, 0.05) is 12.1 Å². The molecule has 0 radical (unpaired) electrons. The van der Waals surface area contributed by atoms with Crippen molar-refractivity contribution in [3.05, 3.63) is 95.2 Å². The van der Waals surface area contributed by atoms with Gasteiger partial charge in [0.1, 0.15) is 29.1 Å². The van der Waals surface area contributed by atoms with E-state index in [1.165, 1.54) is 23.3 Å². The number of ether oxygens (including phenoxy) is 1. The third-order valence-electron chi connectivity index (χ3n) is 5.33. The van der Waals surface area contributed by atoms with Gasteiger partial charge in [-0.1, -0.05) is 24.3 Å². The van der Waals surface area contributed by atoms with Gasteiger partial charge >= 0.3 is 0 Å². The van der Waals surface area contributed by atoms with Crippen molar-refractivity contribution in [2.24, 2.45) is 0 Å². The number of nitrogens with zero attached hydrogens (tertiary/aromatic N) is 1. The maximum atomic E-state index is 13.2. The van der Waals surface area contributed by atoms with Crippen LogP contribution < -0.4 is 4.74 Å². The monoisotopic (exact) mass is 435 g/mol. The Balaban J connectivity index is 1.72. The van der Waals surface area contributed by atoms with Crippen molar-refractivity contribution in [1.29, 1.82) is 0 Å². The number of aliphatic hydroxyl groups is 1. The Hall–Kier alpha value is -3.87. The fourth-order valence-electron chi connectivity index (χ4n) is 3.81. The first kappa shape index (κ1) is 21.4. The number of aliphatic hydroxyl groups excluding tert-OH is 1. The molecular weight excluding hydrogens is 413 g/mol. The van der Waals surface area contributed by atoms with Crippen LogP contribution in [0.25, 0.3) is 5.76 Å². The van der Waals surface area contributed by atoms with E-state index in [1.54, 1.807) is 48.5 Å². The summed E-state index contributed by atoms with van der Waals surface area (Å²) in [4.78, 5) is 27.3. The van der Waals surface area contributed by atoms with E-state index in [2.05, 4.69) is 0 Å². The molecule has 0 bridgehead atoms. The van der Waals surface area contributed by atoms with Gasteiger partial charge in [-0.15, -0.1) is 0 Å². The minimum absolute atomic E-state index is 0.0438. The van der Waals surface area contributed by atoms with Crippen molar-refractivity contribution >= 4 is 17.4 Å². The Kier molecular flexibility index (Phi) is 6.07. The number of halogens is 1. The second-order valence-corrected chi connectivity index (χ2v) is 7.35. The van der Waals surface area contributed by atoms with Crippen LogP contribution in [-0.4, -0.2) is 34.8 Å².